The lowest BCUT2D eigenvalue weighted by molar-refractivity contribution is -0.138. The molecular formula is C15H17N3O3. The van der Waals surface area contributed by atoms with Crippen molar-refractivity contribution in [1.29, 1.82) is 0 Å². The van der Waals surface area contributed by atoms with Gasteiger partial charge in [0.25, 0.3) is 5.91 Å². The summed E-state index contributed by atoms with van der Waals surface area (Å²) in [5.41, 5.74) is 1.19. The third-order valence-corrected chi connectivity index (χ3v) is 3.97. The van der Waals surface area contributed by atoms with Crippen LogP contribution in [-0.4, -0.2) is 44.7 Å². The Bertz CT molecular complexity index is 680. The second-order valence-electron chi connectivity index (χ2n) is 5.36. The van der Waals surface area contributed by atoms with E-state index in [0.717, 1.165) is 30.2 Å². The number of piperidine rings is 1. The Balaban J connectivity index is 1.90. The summed E-state index contributed by atoms with van der Waals surface area (Å²) in [5, 5.41) is 16.8. The summed E-state index contributed by atoms with van der Waals surface area (Å²) < 4.78 is 0. The number of rotatable bonds is 3. The molecule has 1 aliphatic heterocycles. The molecule has 1 aromatic heterocycles. The van der Waals surface area contributed by atoms with Crippen LogP contribution in [0.3, 0.4) is 0 Å². The quantitative estimate of drug-likeness (QED) is 0.904. The molecule has 21 heavy (non-hydrogen) atoms. The van der Waals surface area contributed by atoms with Crippen LogP contribution >= 0.6 is 0 Å². The number of nitrogens with zero attached hydrogens (tertiary/aromatic N) is 2. The zero-order valence-corrected chi connectivity index (χ0v) is 11.6. The van der Waals surface area contributed by atoms with Crippen LogP contribution in [0.15, 0.2) is 24.3 Å². The van der Waals surface area contributed by atoms with Crippen LogP contribution in [0.2, 0.25) is 0 Å². The van der Waals surface area contributed by atoms with E-state index in [-0.39, 0.29) is 18.4 Å². The molecular weight excluding hydrogens is 270 g/mol. The molecule has 0 bridgehead atoms. The molecule has 1 amide bonds. The number of amides is 1. The molecule has 0 radical (unpaired) electrons. The number of aliphatic carboxylic acids is 1. The maximum atomic E-state index is 12.7. The van der Waals surface area contributed by atoms with Crippen molar-refractivity contribution in [1.82, 2.24) is 15.1 Å². The first-order valence-corrected chi connectivity index (χ1v) is 7.12. The molecule has 1 aromatic carbocycles. The average Bonchev–Trinajstić information content (AvgIpc) is 2.90. The van der Waals surface area contributed by atoms with E-state index in [1.807, 2.05) is 24.3 Å². The molecule has 0 spiro atoms. The van der Waals surface area contributed by atoms with Gasteiger partial charge in [0.05, 0.1) is 11.9 Å². The lowest BCUT2D eigenvalue weighted by Crippen LogP contribution is -2.45. The predicted molar refractivity (Wildman–Crippen MR) is 77.0 cm³/mol. The molecule has 6 heteroatoms. The summed E-state index contributed by atoms with van der Waals surface area (Å²) in [6.07, 6.45) is 2.60. The Morgan fingerprint density at radius 2 is 2.14 bits per heavy atom. The van der Waals surface area contributed by atoms with Crippen molar-refractivity contribution in [3.05, 3.63) is 30.0 Å². The molecule has 1 fully saturated rings. The Morgan fingerprint density at radius 1 is 1.33 bits per heavy atom. The summed E-state index contributed by atoms with van der Waals surface area (Å²) in [5.74, 6) is -1.05. The van der Waals surface area contributed by atoms with Gasteiger partial charge in [0.2, 0.25) is 0 Å². The standard InChI is InChI=1S/C15H17N3O3/c19-13(20)9-10-5-3-4-8-18(10)15(21)14-11-6-1-2-7-12(11)16-17-14/h1-2,6-7,10H,3-5,8-9H2,(H,16,17)(H,19,20). The third-order valence-electron chi connectivity index (χ3n) is 3.97. The molecule has 110 valence electrons. The van der Waals surface area contributed by atoms with E-state index in [9.17, 15) is 9.59 Å². The van der Waals surface area contributed by atoms with Gasteiger partial charge in [-0.1, -0.05) is 18.2 Å². The van der Waals surface area contributed by atoms with Gasteiger partial charge in [0.15, 0.2) is 5.69 Å². The third kappa shape index (κ3) is 2.61. The van der Waals surface area contributed by atoms with E-state index in [4.69, 9.17) is 5.11 Å². The monoisotopic (exact) mass is 287 g/mol. The number of hydrogen-bond acceptors (Lipinski definition) is 3. The number of likely N-dealkylation sites (tertiary alicyclic amines) is 1. The molecule has 6 nitrogen and oxygen atoms in total. The number of aromatic nitrogens is 2. The van der Waals surface area contributed by atoms with Gasteiger partial charge in [-0.2, -0.15) is 5.10 Å². The molecule has 1 atom stereocenters. The average molecular weight is 287 g/mol. The van der Waals surface area contributed by atoms with Gasteiger partial charge in [-0.15, -0.1) is 0 Å². The van der Waals surface area contributed by atoms with Crippen LogP contribution in [0.1, 0.15) is 36.2 Å². The summed E-state index contributed by atoms with van der Waals surface area (Å²) in [4.78, 5) is 25.4. The Hall–Kier alpha value is -2.37. The molecule has 2 N–H and O–H groups in total. The fourth-order valence-electron chi connectivity index (χ4n) is 2.94. The van der Waals surface area contributed by atoms with Crippen molar-refractivity contribution in [2.45, 2.75) is 31.7 Å². The van der Waals surface area contributed by atoms with Crippen molar-refractivity contribution < 1.29 is 14.7 Å². The SMILES string of the molecule is O=C(O)CC1CCCCN1C(=O)c1n[nH]c2ccccc12. The van der Waals surface area contributed by atoms with E-state index in [1.165, 1.54) is 0 Å². The van der Waals surface area contributed by atoms with Crippen LogP contribution in [0.4, 0.5) is 0 Å². The van der Waals surface area contributed by atoms with Crippen molar-refractivity contribution in [3.8, 4) is 0 Å². The minimum Gasteiger partial charge on any atom is -0.481 e. The van der Waals surface area contributed by atoms with Gasteiger partial charge < -0.3 is 10.0 Å². The first kappa shape index (κ1) is 13.6. The number of carboxylic acids is 1. The minimum absolute atomic E-state index is 0.00586. The van der Waals surface area contributed by atoms with Crippen LogP contribution in [0, 0.1) is 0 Å². The Labute approximate surface area is 121 Å². The lowest BCUT2D eigenvalue weighted by atomic mass is 9.98. The van der Waals surface area contributed by atoms with Crippen molar-refractivity contribution in [2.75, 3.05) is 6.54 Å². The topological polar surface area (TPSA) is 86.3 Å². The molecule has 0 saturated carbocycles. The highest BCUT2D eigenvalue weighted by atomic mass is 16.4. The number of benzene rings is 1. The summed E-state index contributed by atoms with van der Waals surface area (Å²) in [7, 11) is 0. The van der Waals surface area contributed by atoms with Crippen LogP contribution in [0.5, 0.6) is 0 Å². The van der Waals surface area contributed by atoms with Gasteiger partial charge in [-0.3, -0.25) is 14.7 Å². The number of hydrogen-bond donors (Lipinski definition) is 2. The number of aromatic amines is 1. The number of fused-ring (bicyclic) bond motifs is 1. The smallest absolute Gasteiger partial charge is 0.305 e. The van der Waals surface area contributed by atoms with E-state index in [0.29, 0.717) is 12.2 Å². The number of carboxylic acid groups (broad SMARTS) is 1. The summed E-state index contributed by atoms with van der Waals surface area (Å²) >= 11 is 0. The number of carbonyl (C=O) groups is 2. The Kier molecular flexibility index (Phi) is 3.60. The van der Waals surface area contributed by atoms with Gasteiger partial charge >= 0.3 is 5.97 Å². The Morgan fingerprint density at radius 3 is 2.95 bits per heavy atom. The maximum absolute atomic E-state index is 12.7. The highest BCUT2D eigenvalue weighted by molar-refractivity contribution is 6.04. The van der Waals surface area contributed by atoms with E-state index in [2.05, 4.69) is 10.2 Å². The first-order valence-electron chi connectivity index (χ1n) is 7.12. The molecule has 1 unspecified atom stereocenters. The molecule has 1 aliphatic rings. The lowest BCUT2D eigenvalue weighted by Gasteiger charge is -2.34. The number of H-pyrrole nitrogens is 1. The van der Waals surface area contributed by atoms with E-state index in [1.54, 1.807) is 4.90 Å². The van der Waals surface area contributed by atoms with Crippen molar-refractivity contribution in [3.63, 3.8) is 0 Å². The highest BCUT2D eigenvalue weighted by Gasteiger charge is 2.31. The number of nitrogens with one attached hydrogen (secondary N) is 1. The fraction of sp³-hybridized carbons (Fsp3) is 0.400. The van der Waals surface area contributed by atoms with Gasteiger partial charge in [0.1, 0.15) is 0 Å². The zero-order chi connectivity index (χ0) is 14.8. The normalized spacial score (nSPS) is 18.9. The van der Waals surface area contributed by atoms with Crippen LogP contribution in [0.25, 0.3) is 10.9 Å². The first-order chi connectivity index (χ1) is 10.2. The largest absolute Gasteiger partial charge is 0.481 e. The minimum atomic E-state index is -0.869. The van der Waals surface area contributed by atoms with Gasteiger partial charge in [-0.25, -0.2) is 0 Å². The molecule has 3 rings (SSSR count). The maximum Gasteiger partial charge on any atom is 0.305 e. The second kappa shape index (κ2) is 5.55. The van der Waals surface area contributed by atoms with E-state index < -0.39 is 5.97 Å². The van der Waals surface area contributed by atoms with Gasteiger partial charge in [-0.05, 0) is 25.3 Å². The summed E-state index contributed by atoms with van der Waals surface area (Å²) in [6.45, 7) is 0.595. The van der Waals surface area contributed by atoms with Crippen molar-refractivity contribution in [2.24, 2.45) is 0 Å². The van der Waals surface area contributed by atoms with Gasteiger partial charge in [0, 0.05) is 18.0 Å². The molecule has 0 aliphatic carbocycles. The number of carbonyl (C=O) groups excluding carboxylic acids is 1. The predicted octanol–water partition coefficient (Wildman–Crippen LogP) is 2.03. The van der Waals surface area contributed by atoms with Crippen LogP contribution in [-0.2, 0) is 4.79 Å². The fourth-order valence-corrected chi connectivity index (χ4v) is 2.94. The van der Waals surface area contributed by atoms with Crippen molar-refractivity contribution >= 4 is 22.8 Å². The van der Waals surface area contributed by atoms with E-state index >= 15 is 0 Å². The highest BCUT2D eigenvalue weighted by Crippen LogP contribution is 2.24. The molecule has 2 heterocycles. The second-order valence-corrected chi connectivity index (χ2v) is 5.36. The zero-order valence-electron chi connectivity index (χ0n) is 11.6. The van der Waals surface area contributed by atoms with Crippen LogP contribution < -0.4 is 0 Å². The summed E-state index contributed by atoms with van der Waals surface area (Å²) in [6, 6.07) is 7.22. The molecule has 2 aromatic rings. The molecule has 1 saturated heterocycles. The number of para-hydroxylation sites is 1.